The quantitative estimate of drug-likeness (QED) is 0.494. The molecule has 3 rings (SSSR count). The van der Waals surface area contributed by atoms with Crippen LogP contribution in [0.3, 0.4) is 0 Å². The fourth-order valence-electron chi connectivity index (χ4n) is 2.20. The van der Waals surface area contributed by atoms with Crippen molar-refractivity contribution in [2.45, 2.75) is 6.92 Å². The molecule has 5 heteroatoms. The van der Waals surface area contributed by atoms with Crippen LogP contribution in [-0.2, 0) is 9.59 Å². The number of allylic oxidation sites excluding steroid dienone is 1. The van der Waals surface area contributed by atoms with Crippen LogP contribution in [0.4, 0.5) is 5.69 Å². The normalized spacial score (nSPS) is 16.2. The predicted octanol–water partition coefficient (Wildman–Crippen LogP) is 3.33. The first-order valence-corrected chi connectivity index (χ1v) is 7.82. The summed E-state index contributed by atoms with van der Waals surface area (Å²) < 4.78 is 0. The second-order valence-corrected chi connectivity index (χ2v) is 6.07. The predicted molar refractivity (Wildman–Crippen MR) is 90.1 cm³/mol. The van der Waals surface area contributed by atoms with Gasteiger partial charge in [0.1, 0.15) is 0 Å². The molecule has 0 spiro atoms. The van der Waals surface area contributed by atoms with E-state index in [0.717, 1.165) is 17.3 Å². The van der Waals surface area contributed by atoms with Gasteiger partial charge in [0.05, 0.1) is 5.03 Å². The topological polar surface area (TPSA) is 54.5 Å². The van der Waals surface area contributed by atoms with Crippen molar-refractivity contribution in [3.63, 3.8) is 0 Å². The molecule has 0 bridgehead atoms. The van der Waals surface area contributed by atoms with Crippen LogP contribution in [0.15, 0.2) is 65.7 Å². The number of hydrogen-bond donors (Lipinski definition) is 0. The van der Waals surface area contributed by atoms with E-state index >= 15 is 0 Å². The molecule has 0 atom stereocenters. The summed E-state index contributed by atoms with van der Waals surface area (Å²) in [6.45, 7) is 1.94. The molecule has 23 heavy (non-hydrogen) atoms. The van der Waals surface area contributed by atoms with Gasteiger partial charge in [0.25, 0.3) is 5.12 Å². The molecule has 1 fully saturated rings. The van der Waals surface area contributed by atoms with E-state index in [1.165, 1.54) is 11.0 Å². The van der Waals surface area contributed by atoms with Crippen molar-refractivity contribution in [3.8, 4) is 0 Å². The molecule has 114 valence electrons. The Morgan fingerprint density at radius 3 is 2.30 bits per heavy atom. The molecule has 2 aromatic carbocycles. The number of rotatable bonds is 3. The van der Waals surface area contributed by atoms with Crippen LogP contribution >= 0.6 is 11.8 Å². The third-order valence-corrected chi connectivity index (χ3v) is 4.27. The standard InChI is InChI=1S/C18H13NO3S/c1-12-7-9-13(10-8-12)15(20)11-16-19(17(21)18(22)23-16)14-5-3-2-4-6-14/h2-11H,1H3/b16-11-. The van der Waals surface area contributed by atoms with Crippen LogP contribution in [0.2, 0.25) is 0 Å². The summed E-state index contributed by atoms with van der Waals surface area (Å²) in [5, 5.41) is -0.256. The SMILES string of the molecule is Cc1ccc(C(=O)/C=C2\SC(=O)C(=O)N2c2ccccc2)cc1. The summed E-state index contributed by atoms with van der Waals surface area (Å²) in [4.78, 5) is 37.5. The first-order valence-electron chi connectivity index (χ1n) is 7.00. The van der Waals surface area contributed by atoms with Crippen molar-refractivity contribution in [1.29, 1.82) is 0 Å². The maximum absolute atomic E-state index is 12.4. The Morgan fingerprint density at radius 2 is 1.65 bits per heavy atom. The highest BCUT2D eigenvalue weighted by Crippen LogP contribution is 2.35. The molecule has 1 saturated heterocycles. The lowest BCUT2D eigenvalue weighted by atomic mass is 10.1. The highest BCUT2D eigenvalue weighted by molar-refractivity contribution is 8.19. The molecule has 0 aliphatic carbocycles. The summed E-state index contributed by atoms with van der Waals surface area (Å²) in [6.07, 6.45) is 1.34. The van der Waals surface area contributed by atoms with Gasteiger partial charge in [0.15, 0.2) is 5.78 Å². The van der Waals surface area contributed by atoms with Gasteiger partial charge in [-0.3, -0.25) is 19.3 Å². The third-order valence-electron chi connectivity index (χ3n) is 3.40. The summed E-state index contributed by atoms with van der Waals surface area (Å²) >= 11 is 0.780. The van der Waals surface area contributed by atoms with Crippen molar-refractivity contribution in [1.82, 2.24) is 0 Å². The largest absolute Gasteiger partial charge is 0.310 e. The molecule has 1 aliphatic rings. The van der Waals surface area contributed by atoms with Gasteiger partial charge in [-0.1, -0.05) is 48.0 Å². The smallest absolute Gasteiger partial charge is 0.289 e. The van der Waals surface area contributed by atoms with E-state index in [1.807, 2.05) is 25.1 Å². The van der Waals surface area contributed by atoms with Crippen LogP contribution in [0.25, 0.3) is 0 Å². The van der Waals surface area contributed by atoms with Gasteiger partial charge in [-0.2, -0.15) is 0 Å². The Balaban J connectivity index is 1.96. The fourth-order valence-corrected chi connectivity index (χ4v) is 3.02. The molecule has 0 N–H and O–H groups in total. The molecule has 2 aromatic rings. The monoisotopic (exact) mass is 323 g/mol. The van der Waals surface area contributed by atoms with Crippen LogP contribution < -0.4 is 4.90 Å². The molecule has 0 radical (unpaired) electrons. The van der Waals surface area contributed by atoms with Gasteiger partial charge in [0, 0.05) is 17.3 Å². The highest BCUT2D eigenvalue weighted by atomic mass is 32.2. The van der Waals surface area contributed by atoms with E-state index < -0.39 is 11.0 Å². The number of amides is 1. The Labute approximate surface area is 137 Å². The summed E-state index contributed by atoms with van der Waals surface area (Å²) in [5.74, 6) is -0.875. The lowest BCUT2D eigenvalue weighted by Gasteiger charge is -2.15. The molecular weight excluding hydrogens is 310 g/mol. The molecule has 1 aliphatic heterocycles. The van der Waals surface area contributed by atoms with Gasteiger partial charge < -0.3 is 0 Å². The number of anilines is 1. The van der Waals surface area contributed by atoms with Crippen LogP contribution in [-0.4, -0.2) is 16.8 Å². The summed E-state index contributed by atoms with van der Waals surface area (Å²) in [5.41, 5.74) is 2.14. The number of ketones is 1. The molecular formula is C18H13NO3S. The Hall–Kier alpha value is -2.66. The molecule has 1 amide bonds. The number of carbonyl (C=O) groups is 3. The van der Waals surface area contributed by atoms with Gasteiger partial charge in [-0.25, -0.2) is 0 Å². The number of thioether (sulfide) groups is 1. The Morgan fingerprint density at radius 1 is 1.00 bits per heavy atom. The van der Waals surface area contributed by atoms with Crippen molar-refractivity contribution < 1.29 is 14.4 Å². The van der Waals surface area contributed by atoms with Crippen LogP contribution in [0.5, 0.6) is 0 Å². The van der Waals surface area contributed by atoms with Gasteiger partial charge in [0.2, 0.25) is 0 Å². The molecule has 0 aromatic heterocycles. The average Bonchev–Trinajstić information content (AvgIpc) is 2.83. The molecule has 1 heterocycles. The maximum atomic E-state index is 12.4. The number of carbonyl (C=O) groups excluding carboxylic acids is 3. The number of benzene rings is 2. The molecule has 4 nitrogen and oxygen atoms in total. The Bertz CT molecular complexity index is 810. The zero-order valence-electron chi connectivity index (χ0n) is 12.4. The van der Waals surface area contributed by atoms with E-state index in [4.69, 9.17) is 0 Å². The number of para-hydroxylation sites is 1. The van der Waals surface area contributed by atoms with Crippen molar-refractivity contribution >= 4 is 34.3 Å². The number of nitrogens with zero attached hydrogens (tertiary/aromatic N) is 1. The van der Waals surface area contributed by atoms with Crippen molar-refractivity contribution in [2.24, 2.45) is 0 Å². The summed E-state index contributed by atoms with van der Waals surface area (Å²) in [6, 6.07) is 16.0. The van der Waals surface area contributed by atoms with E-state index in [0.29, 0.717) is 16.3 Å². The van der Waals surface area contributed by atoms with Gasteiger partial charge >= 0.3 is 5.91 Å². The first kappa shape index (κ1) is 15.2. The van der Waals surface area contributed by atoms with E-state index in [2.05, 4.69) is 0 Å². The lowest BCUT2D eigenvalue weighted by Crippen LogP contribution is -2.26. The maximum Gasteiger partial charge on any atom is 0.310 e. The van der Waals surface area contributed by atoms with Gasteiger partial charge in [-0.15, -0.1) is 0 Å². The minimum Gasteiger partial charge on any atom is -0.289 e. The minimum atomic E-state index is -0.635. The van der Waals surface area contributed by atoms with Gasteiger partial charge in [-0.05, 0) is 30.8 Å². The molecule has 0 unspecified atom stereocenters. The van der Waals surface area contributed by atoms with Crippen molar-refractivity contribution in [3.05, 3.63) is 76.8 Å². The van der Waals surface area contributed by atoms with Crippen LogP contribution in [0.1, 0.15) is 15.9 Å². The molecule has 0 saturated carbocycles. The van der Waals surface area contributed by atoms with E-state index in [9.17, 15) is 14.4 Å². The zero-order chi connectivity index (χ0) is 16.4. The second kappa shape index (κ2) is 6.22. The van der Waals surface area contributed by atoms with Crippen LogP contribution in [0, 0.1) is 6.92 Å². The summed E-state index contributed by atoms with van der Waals surface area (Å²) in [7, 11) is 0. The average molecular weight is 323 g/mol. The first-order chi connectivity index (χ1) is 11.1. The minimum absolute atomic E-state index is 0.240. The Kier molecular flexibility index (Phi) is 4.12. The highest BCUT2D eigenvalue weighted by Gasteiger charge is 2.36. The van der Waals surface area contributed by atoms with E-state index in [-0.39, 0.29) is 5.78 Å². The van der Waals surface area contributed by atoms with Crippen molar-refractivity contribution in [2.75, 3.05) is 4.90 Å². The fraction of sp³-hybridized carbons (Fsp3) is 0.0556. The van der Waals surface area contributed by atoms with E-state index in [1.54, 1.807) is 36.4 Å². The number of aryl methyl sites for hydroxylation is 1. The zero-order valence-corrected chi connectivity index (χ0v) is 13.2. The lowest BCUT2D eigenvalue weighted by molar-refractivity contribution is -0.130. The second-order valence-electron chi connectivity index (χ2n) is 5.08. The number of hydrogen-bond acceptors (Lipinski definition) is 4. The third kappa shape index (κ3) is 3.10.